The van der Waals surface area contributed by atoms with Crippen LogP contribution in [0.3, 0.4) is 0 Å². The quantitative estimate of drug-likeness (QED) is 0.552. The molecule has 7 heteroatoms. The Morgan fingerprint density at radius 1 is 1.04 bits per heavy atom. The standard InChI is InChI=1S/C21H19BrN2O2S.H2O/c22-18-4-1-5-21(14-18)27(26)24-19-9-6-16(7-10-19)13-20(25)11-8-17-3-2-12-23-15-17;/h1-7,9-10,12,14-15,24H,8,11,13H2;1H2. The Morgan fingerprint density at radius 3 is 2.50 bits per heavy atom. The molecule has 0 aliphatic rings. The number of aromatic nitrogens is 1. The van der Waals surface area contributed by atoms with E-state index >= 15 is 0 Å². The molecule has 1 aromatic heterocycles. The predicted octanol–water partition coefficient (Wildman–Crippen LogP) is 3.90. The predicted molar refractivity (Wildman–Crippen MR) is 115 cm³/mol. The fraction of sp³-hybridized carbons (Fsp3) is 0.143. The summed E-state index contributed by atoms with van der Waals surface area (Å²) in [6, 6.07) is 18.7. The van der Waals surface area contributed by atoms with Crippen molar-refractivity contribution in [1.29, 1.82) is 0 Å². The summed E-state index contributed by atoms with van der Waals surface area (Å²) in [5.41, 5.74) is 2.77. The maximum atomic E-state index is 12.4. The van der Waals surface area contributed by atoms with Crippen LogP contribution in [0.5, 0.6) is 0 Å². The molecule has 0 fully saturated rings. The van der Waals surface area contributed by atoms with Gasteiger partial charge in [-0.15, -0.1) is 0 Å². The molecule has 1 unspecified atom stereocenters. The average molecular weight is 461 g/mol. The molecule has 0 saturated carbocycles. The Kier molecular flexibility index (Phi) is 8.50. The van der Waals surface area contributed by atoms with Gasteiger partial charge in [-0.25, -0.2) is 4.21 Å². The highest BCUT2D eigenvalue weighted by Gasteiger charge is 2.07. The fourth-order valence-corrected chi connectivity index (χ4v) is 4.04. The summed E-state index contributed by atoms with van der Waals surface area (Å²) in [5.74, 6) is 0.192. The van der Waals surface area contributed by atoms with Gasteiger partial charge in [-0.05, 0) is 53.9 Å². The number of pyridine rings is 1. The van der Waals surface area contributed by atoms with Gasteiger partial charge in [-0.2, -0.15) is 0 Å². The molecule has 0 radical (unpaired) electrons. The van der Waals surface area contributed by atoms with E-state index in [0.29, 0.717) is 24.2 Å². The number of hydrogen-bond donors (Lipinski definition) is 1. The molecule has 5 nitrogen and oxygen atoms in total. The number of nitrogens with one attached hydrogen (secondary N) is 1. The van der Waals surface area contributed by atoms with E-state index < -0.39 is 11.0 Å². The van der Waals surface area contributed by atoms with Crippen LogP contribution in [-0.2, 0) is 28.6 Å². The largest absolute Gasteiger partial charge is 0.412 e. The van der Waals surface area contributed by atoms with E-state index in [0.717, 1.165) is 21.3 Å². The Balaban J connectivity index is 0.00000280. The van der Waals surface area contributed by atoms with Gasteiger partial charge in [-0.1, -0.05) is 40.2 Å². The van der Waals surface area contributed by atoms with Crippen LogP contribution < -0.4 is 4.72 Å². The zero-order chi connectivity index (χ0) is 19.1. The lowest BCUT2D eigenvalue weighted by Crippen LogP contribution is -2.06. The maximum Gasteiger partial charge on any atom is 0.150 e. The Labute approximate surface area is 175 Å². The van der Waals surface area contributed by atoms with E-state index in [1.807, 2.05) is 60.7 Å². The van der Waals surface area contributed by atoms with E-state index in [-0.39, 0.29) is 11.3 Å². The van der Waals surface area contributed by atoms with Crippen LogP contribution in [0.15, 0.2) is 82.4 Å². The van der Waals surface area contributed by atoms with Crippen LogP contribution in [0.1, 0.15) is 17.5 Å². The highest BCUT2D eigenvalue weighted by atomic mass is 79.9. The number of Topliss-reactive ketones (excluding diaryl/α,β-unsaturated/α-hetero) is 1. The molecule has 0 saturated heterocycles. The van der Waals surface area contributed by atoms with Crippen molar-refractivity contribution >= 4 is 38.4 Å². The van der Waals surface area contributed by atoms with E-state index in [2.05, 4.69) is 25.6 Å². The number of carbonyl (C=O) groups excluding carboxylic acids is 1. The van der Waals surface area contributed by atoms with Gasteiger partial charge in [0.15, 0.2) is 0 Å². The average Bonchev–Trinajstić information content (AvgIpc) is 2.69. The molecule has 2 aromatic carbocycles. The molecule has 1 atom stereocenters. The number of benzene rings is 2. The van der Waals surface area contributed by atoms with Crippen molar-refractivity contribution < 1.29 is 14.5 Å². The Hall–Kier alpha value is -2.35. The first-order valence-corrected chi connectivity index (χ1v) is 10.5. The monoisotopic (exact) mass is 460 g/mol. The summed E-state index contributed by atoms with van der Waals surface area (Å²) < 4.78 is 16.2. The minimum absolute atomic E-state index is 0. The van der Waals surface area contributed by atoms with Gasteiger partial charge in [0.1, 0.15) is 16.8 Å². The van der Waals surface area contributed by atoms with Gasteiger partial charge in [0.2, 0.25) is 0 Å². The number of hydrogen-bond acceptors (Lipinski definition) is 3. The van der Waals surface area contributed by atoms with Crippen molar-refractivity contribution in [2.24, 2.45) is 0 Å². The van der Waals surface area contributed by atoms with Gasteiger partial charge in [0.25, 0.3) is 0 Å². The minimum Gasteiger partial charge on any atom is -0.412 e. The summed E-state index contributed by atoms with van der Waals surface area (Å²) in [5, 5.41) is 0. The van der Waals surface area contributed by atoms with Crippen LogP contribution >= 0.6 is 15.9 Å². The summed E-state index contributed by atoms with van der Waals surface area (Å²) in [6.45, 7) is 0. The van der Waals surface area contributed by atoms with Gasteiger partial charge < -0.3 is 10.2 Å². The third-order valence-electron chi connectivity index (χ3n) is 3.99. The lowest BCUT2D eigenvalue weighted by atomic mass is 10.0. The lowest BCUT2D eigenvalue weighted by molar-refractivity contribution is -0.118. The van der Waals surface area contributed by atoms with E-state index in [1.54, 1.807) is 12.4 Å². The topological polar surface area (TPSA) is 90.6 Å². The molecule has 3 aromatic rings. The zero-order valence-corrected chi connectivity index (χ0v) is 17.5. The van der Waals surface area contributed by atoms with Crippen LogP contribution in [-0.4, -0.2) is 20.5 Å². The van der Waals surface area contributed by atoms with Crippen LogP contribution in [0, 0.1) is 0 Å². The smallest absolute Gasteiger partial charge is 0.150 e. The van der Waals surface area contributed by atoms with Gasteiger partial charge in [0, 0.05) is 35.4 Å². The van der Waals surface area contributed by atoms with E-state index in [1.165, 1.54) is 0 Å². The number of halogens is 1. The second-order valence-corrected chi connectivity index (χ2v) is 8.23. The highest BCUT2D eigenvalue weighted by Crippen LogP contribution is 2.18. The second-order valence-electron chi connectivity index (χ2n) is 6.10. The number of ketones is 1. The summed E-state index contributed by atoms with van der Waals surface area (Å²) in [7, 11) is -1.34. The normalized spacial score (nSPS) is 11.3. The van der Waals surface area contributed by atoms with Crippen molar-refractivity contribution in [1.82, 2.24) is 4.98 Å². The lowest BCUT2D eigenvalue weighted by Gasteiger charge is -2.08. The zero-order valence-electron chi connectivity index (χ0n) is 15.1. The molecule has 28 heavy (non-hydrogen) atoms. The summed E-state index contributed by atoms with van der Waals surface area (Å²) in [4.78, 5) is 16.9. The molecule has 3 N–H and O–H groups in total. The number of nitrogens with zero attached hydrogens (tertiary/aromatic N) is 1. The van der Waals surface area contributed by atoms with Crippen LogP contribution in [0.2, 0.25) is 0 Å². The molecule has 0 spiro atoms. The van der Waals surface area contributed by atoms with Crippen molar-refractivity contribution in [2.45, 2.75) is 24.2 Å². The van der Waals surface area contributed by atoms with Crippen LogP contribution in [0.25, 0.3) is 0 Å². The van der Waals surface area contributed by atoms with Gasteiger partial charge in [-0.3, -0.25) is 9.78 Å². The van der Waals surface area contributed by atoms with Crippen molar-refractivity contribution in [3.05, 3.63) is 88.7 Å². The molecule has 0 bridgehead atoms. The van der Waals surface area contributed by atoms with Gasteiger partial charge in [0.05, 0.1) is 4.90 Å². The minimum atomic E-state index is -1.34. The highest BCUT2D eigenvalue weighted by molar-refractivity contribution is 9.10. The first-order chi connectivity index (χ1) is 13.1. The first kappa shape index (κ1) is 21.9. The van der Waals surface area contributed by atoms with E-state index in [4.69, 9.17) is 0 Å². The summed E-state index contributed by atoms with van der Waals surface area (Å²) in [6.07, 6.45) is 5.12. The molecular formula is C21H21BrN2O3S. The molecule has 0 aliphatic carbocycles. The number of aryl methyl sites for hydroxylation is 1. The Bertz CT molecular complexity index is 934. The fourth-order valence-electron chi connectivity index (χ4n) is 2.58. The van der Waals surface area contributed by atoms with Crippen molar-refractivity contribution in [2.75, 3.05) is 4.72 Å². The van der Waals surface area contributed by atoms with E-state index in [9.17, 15) is 9.00 Å². The number of carbonyl (C=O) groups is 1. The SMILES string of the molecule is O.O=C(CCc1cccnc1)Cc1ccc(NS(=O)c2cccc(Br)c2)cc1. The molecular weight excluding hydrogens is 440 g/mol. The van der Waals surface area contributed by atoms with Crippen LogP contribution in [0.4, 0.5) is 5.69 Å². The third kappa shape index (κ3) is 6.67. The molecule has 0 amide bonds. The molecule has 0 aliphatic heterocycles. The maximum absolute atomic E-state index is 12.4. The number of anilines is 1. The van der Waals surface area contributed by atoms with Crippen molar-refractivity contribution in [3.8, 4) is 0 Å². The second kappa shape index (κ2) is 10.8. The third-order valence-corrected chi connectivity index (χ3v) is 5.59. The number of rotatable bonds is 8. The molecule has 146 valence electrons. The summed E-state index contributed by atoms with van der Waals surface area (Å²) >= 11 is 3.38. The van der Waals surface area contributed by atoms with Gasteiger partial charge >= 0.3 is 0 Å². The van der Waals surface area contributed by atoms with Crippen molar-refractivity contribution in [3.63, 3.8) is 0 Å². The first-order valence-electron chi connectivity index (χ1n) is 8.54. The molecule has 1 heterocycles. The molecule has 3 rings (SSSR count). The Morgan fingerprint density at radius 2 is 1.82 bits per heavy atom.